The number of nitrogens with two attached hydrogens (primary N) is 1. The second kappa shape index (κ2) is 8.90. The van der Waals surface area contributed by atoms with Crippen molar-refractivity contribution in [3.8, 4) is 0 Å². The highest BCUT2D eigenvalue weighted by molar-refractivity contribution is 8.13. The molecule has 0 aliphatic heterocycles. The van der Waals surface area contributed by atoms with Crippen LogP contribution in [0.15, 0.2) is 0 Å². The van der Waals surface area contributed by atoms with Crippen LogP contribution in [0.2, 0.25) is 0 Å². The number of nitrogens with zero attached hydrogens (tertiary/aromatic N) is 2. The molecule has 0 atom stereocenters. The maximum Gasteiger partial charge on any atom is 0.138 e. The number of rotatable bonds is 5. The Morgan fingerprint density at radius 2 is 1.38 bits per heavy atom. The normalized spacial score (nSPS) is 9.75. The molecule has 0 spiro atoms. The maximum atomic E-state index is 5.46. The molecule has 0 radical (unpaired) electrons. The molecule has 0 aromatic heterocycles. The molecule has 9 heteroatoms. The van der Waals surface area contributed by atoms with Gasteiger partial charge in [-0.15, -0.1) is 37.9 Å². The van der Waals surface area contributed by atoms with Crippen molar-refractivity contribution in [3.63, 3.8) is 0 Å². The molecule has 0 aliphatic carbocycles. The number of thiol groups is 3. The summed E-state index contributed by atoms with van der Waals surface area (Å²) in [5, 5.41) is 0. The van der Waals surface area contributed by atoms with Crippen LogP contribution < -0.4 is 5.73 Å². The summed E-state index contributed by atoms with van der Waals surface area (Å²) >= 11 is 27.1. The van der Waals surface area contributed by atoms with Gasteiger partial charge in [0.1, 0.15) is 13.0 Å². The zero-order valence-electron chi connectivity index (χ0n) is 8.37. The standard InChI is InChI=1S/C7H13N3S6/c8-1-2-9(5(11)12)3-4-10(6(13)14)7(15)16/h1-4,8H2,(H,11,12)(H,13,14)(H,15,16). The van der Waals surface area contributed by atoms with Crippen LogP contribution in [0.1, 0.15) is 0 Å². The van der Waals surface area contributed by atoms with Crippen molar-refractivity contribution in [3.05, 3.63) is 0 Å². The average molecular weight is 332 g/mol. The SMILES string of the molecule is NCCN(CCN(C(=S)S)C(=S)S)C(=S)S. The van der Waals surface area contributed by atoms with E-state index in [1.54, 1.807) is 4.90 Å². The molecule has 92 valence electrons. The Balaban J connectivity index is 4.31. The van der Waals surface area contributed by atoms with E-state index in [9.17, 15) is 0 Å². The largest absolute Gasteiger partial charge is 0.355 e. The summed E-state index contributed by atoms with van der Waals surface area (Å²) in [6, 6.07) is 0. The van der Waals surface area contributed by atoms with Crippen molar-refractivity contribution in [2.24, 2.45) is 5.73 Å². The summed E-state index contributed by atoms with van der Waals surface area (Å²) in [6.07, 6.45) is 0. The molecular formula is C7H13N3S6. The van der Waals surface area contributed by atoms with E-state index >= 15 is 0 Å². The average Bonchev–Trinajstić information content (AvgIpc) is 2.15. The smallest absolute Gasteiger partial charge is 0.138 e. The van der Waals surface area contributed by atoms with Crippen LogP contribution in [0, 0.1) is 0 Å². The van der Waals surface area contributed by atoms with Crippen molar-refractivity contribution in [2.75, 3.05) is 26.2 Å². The summed E-state index contributed by atoms with van der Waals surface area (Å²) in [5.41, 5.74) is 5.46. The van der Waals surface area contributed by atoms with Crippen LogP contribution in [0.3, 0.4) is 0 Å². The van der Waals surface area contributed by atoms with Gasteiger partial charge in [0.05, 0.1) is 0 Å². The van der Waals surface area contributed by atoms with Crippen LogP contribution in [-0.4, -0.2) is 48.9 Å². The fraction of sp³-hybridized carbons (Fsp3) is 0.571. The van der Waals surface area contributed by atoms with E-state index in [1.807, 2.05) is 4.90 Å². The third kappa shape index (κ3) is 6.58. The van der Waals surface area contributed by atoms with Crippen molar-refractivity contribution >= 4 is 87.5 Å². The Kier molecular flexibility index (Phi) is 9.39. The highest BCUT2D eigenvalue weighted by Gasteiger charge is 2.12. The van der Waals surface area contributed by atoms with Crippen molar-refractivity contribution < 1.29 is 0 Å². The van der Waals surface area contributed by atoms with Crippen LogP contribution in [0.4, 0.5) is 0 Å². The minimum absolute atomic E-state index is 0.387. The quantitative estimate of drug-likeness (QED) is 0.448. The third-order valence-electron chi connectivity index (χ3n) is 1.72. The highest BCUT2D eigenvalue weighted by atomic mass is 32.1. The first-order chi connectivity index (χ1) is 7.40. The van der Waals surface area contributed by atoms with Gasteiger partial charge in [-0.2, -0.15) is 0 Å². The maximum absolute atomic E-state index is 5.46. The van der Waals surface area contributed by atoms with Gasteiger partial charge in [0.25, 0.3) is 0 Å². The zero-order chi connectivity index (χ0) is 12.7. The first-order valence-electron chi connectivity index (χ1n) is 4.31. The van der Waals surface area contributed by atoms with Gasteiger partial charge >= 0.3 is 0 Å². The second-order valence-electron chi connectivity index (χ2n) is 2.78. The lowest BCUT2D eigenvalue weighted by Gasteiger charge is -2.26. The zero-order valence-corrected chi connectivity index (χ0v) is 13.5. The summed E-state index contributed by atoms with van der Waals surface area (Å²) in [4.78, 5) is 3.50. The van der Waals surface area contributed by atoms with Gasteiger partial charge in [-0.25, -0.2) is 0 Å². The van der Waals surface area contributed by atoms with E-state index in [0.29, 0.717) is 39.1 Å². The van der Waals surface area contributed by atoms with E-state index in [1.165, 1.54) is 0 Å². The van der Waals surface area contributed by atoms with Crippen LogP contribution in [-0.2, 0) is 0 Å². The number of hydrogen-bond donors (Lipinski definition) is 4. The molecule has 0 unspecified atom stereocenters. The van der Waals surface area contributed by atoms with Gasteiger partial charge in [-0.1, -0.05) is 36.7 Å². The van der Waals surface area contributed by atoms with Crippen LogP contribution >= 0.6 is 74.5 Å². The Labute approximate surface area is 128 Å². The van der Waals surface area contributed by atoms with Gasteiger partial charge in [0.15, 0.2) is 0 Å². The molecule has 16 heavy (non-hydrogen) atoms. The van der Waals surface area contributed by atoms with Gasteiger partial charge in [-0.05, 0) is 0 Å². The topological polar surface area (TPSA) is 32.5 Å². The fourth-order valence-electron chi connectivity index (χ4n) is 0.953. The molecule has 0 aliphatic rings. The lowest BCUT2D eigenvalue weighted by molar-refractivity contribution is 0.415. The van der Waals surface area contributed by atoms with Crippen molar-refractivity contribution in [2.45, 2.75) is 0 Å². The van der Waals surface area contributed by atoms with Gasteiger partial charge in [0.2, 0.25) is 0 Å². The van der Waals surface area contributed by atoms with Crippen LogP contribution in [0.25, 0.3) is 0 Å². The first kappa shape index (κ1) is 16.9. The molecule has 0 amide bonds. The Bertz CT molecular complexity index is 267. The first-order valence-corrected chi connectivity index (χ1v) is 6.88. The van der Waals surface area contributed by atoms with Crippen LogP contribution in [0.5, 0.6) is 0 Å². The predicted molar refractivity (Wildman–Crippen MR) is 92.1 cm³/mol. The summed E-state index contributed by atoms with van der Waals surface area (Å²) in [6.45, 7) is 2.35. The van der Waals surface area contributed by atoms with Gasteiger partial charge < -0.3 is 15.5 Å². The number of hydrogen-bond acceptors (Lipinski definition) is 4. The van der Waals surface area contributed by atoms with Gasteiger partial charge in [0, 0.05) is 26.2 Å². The molecule has 3 nitrogen and oxygen atoms in total. The molecule has 0 bridgehead atoms. The molecule has 2 N–H and O–H groups in total. The summed E-state index contributed by atoms with van der Waals surface area (Å²) < 4.78 is 1.27. The van der Waals surface area contributed by atoms with E-state index in [-0.39, 0.29) is 0 Å². The number of thiocarbonyl (C=S) groups is 3. The lowest BCUT2D eigenvalue weighted by Crippen LogP contribution is -2.40. The molecule has 0 rings (SSSR count). The second-order valence-corrected chi connectivity index (χ2v) is 6.11. The summed E-state index contributed by atoms with van der Waals surface area (Å²) in [5.74, 6) is 0. The van der Waals surface area contributed by atoms with E-state index in [0.717, 1.165) is 0 Å². The van der Waals surface area contributed by atoms with E-state index in [4.69, 9.17) is 42.4 Å². The molecule has 0 saturated carbocycles. The van der Waals surface area contributed by atoms with Crippen molar-refractivity contribution in [1.82, 2.24) is 9.80 Å². The predicted octanol–water partition coefficient (Wildman–Crippen LogP) is 1.19. The molecule has 0 aromatic rings. The Morgan fingerprint density at radius 3 is 1.69 bits per heavy atom. The van der Waals surface area contributed by atoms with Gasteiger partial charge in [-0.3, -0.25) is 0 Å². The molecule has 0 aromatic carbocycles. The monoisotopic (exact) mass is 331 g/mol. The van der Waals surface area contributed by atoms with E-state index in [2.05, 4.69) is 37.9 Å². The summed E-state index contributed by atoms with van der Waals surface area (Å²) in [7, 11) is 0. The van der Waals surface area contributed by atoms with E-state index < -0.39 is 0 Å². The Hall–Kier alpha value is 0.880. The third-order valence-corrected chi connectivity index (χ3v) is 3.19. The molecule has 0 saturated heterocycles. The molecule has 0 heterocycles. The Morgan fingerprint density at radius 1 is 0.875 bits per heavy atom. The minimum Gasteiger partial charge on any atom is -0.355 e. The lowest BCUT2D eigenvalue weighted by atomic mass is 10.5. The van der Waals surface area contributed by atoms with Crippen molar-refractivity contribution in [1.29, 1.82) is 0 Å². The molecule has 0 fully saturated rings. The molecular weight excluding hydrogens is 318 g/mol. The minimum atomic E-state index is 0.387. The fourth-order valence-corrected chi connectivity index (χ4v) is 2.37. The highest BCUT2D eigenvalue weighted by Crippen LogP contribution is 2.04.